The third-order valence-electron chi connectivity index (χ3n) is 2.62. The van der Waals surface area contributed by atoms with Crippen LogP contribution < -0.4 is 15.2 Å². The molecule has 6 nitrogen and oxygen atoms in total. The van der Waals surface area contributed by atoms with Crippen molar-refractivity contribution in [2.45, 2.75) is 13.8 Å². The molecule has 1 N–H and O–H groups in total. The molecule has 1 aliphatic heterocycles. The summed E-state index contributed by atoms with van der Waals surface area (Å²) in [5.74, 6) is -0.0738. The topological polar surface area (TPSA) is 67.9 Å². The minimum Gasteiger partial charge on any atom is -0.481 e. The van der Waals surface area contributed by atoms with Gasteiger partial charge in [0, 0.05) is 11.8 Å². The van der Waals surface area contributed by atoms with Crippen LogP contribution in [0.5, 0.6) is 5.75 Å². The van der Waals surface area contributed by atoms with Crippen molar-refractivity contribution in [2.75, 3.05) is 18.2 Å². The van der Waals surface area contributed by atoms with E-state index in [2.05, 4.69) is 5.43 Å². The summed E-state index contributed by atoms with van der Waals surface area (Å²) >= 11 is 0. The van der Waals surface area contributed by atoms with Gasteiger partial charge in [-0.05, 0) is 26.0 Å². The Hall–Kier alpha value is -2.50. The second-order valence-electron chi connectivity index (χ2n) is 4.18. The predicted molar refractivity (Wildman–Crippen MR) is 72.9 cm³/mol. The van der Waals surface area contributed by atoms with Gasteiger partial charge >= 0.3 is 5.97 Å². The molecule has 0 fully saturated rings. The zero-order valence-electron chi connectivity index (χ0n) is 11.4. The maximum atomic E-state index is 11.9. The van der Waals surface area contributed by atoms with Crippen LogP contribution in [0.15, 0.2) is 36.0 Å². The van der Waals surface area contributed by atoms with E-state index in [4.69, 9.17) is 9.47 Å². The third-order valence-corrected chi connectivity index (χ3v) is 2.62. The quantitative estimate of drug-likeness (QED) is 0.664. The standard InChI is InChI=1S/C14H16N2O4/c1-3-19-14(18)8-10(2)15-16-11-6-4-5-7-12(11)20-9-13(16)17/h4-8,15H,3,9H2,1-2H3. The number of carbonyl (C=O) groups excluding carboxylic acids is 2. The number of esters is 1. The van der Waals surface area contributed by atoms with Crippen molar-refractivity contribution >= 4 is 17.6 Å². The van der Waals surface area contributed by atoms with Crippen molar-refractivity contribution in [1.29, 1.82) is 0 Å². The number of amides is 1. The van der Waals surface area contributed by atoms with Crippen molar-refractivity contribution in [3.05, 3.63) is 36.0 Å². The summed E-state index contributed by atoms with van der Waals surface area (Å²) in [7, 11) is 0. The normalized spacial score (nSPS) is 14.4. The van der Waals surface area contributed by atoms with Gasteiger partial charge in [0.05, 0.1) is 6.61 Å². The second-order valence-corrected chi connectivity index (χ2v) is 4.18. The van der Waals surface area contributed by atoms with E-state index in [1.54, 1.807) is 32.0 Å². The predicted octanol–water partition coefficient (Wildman–Crippen LogP) is 1.38. The summed E-state index contributed by atoms with van der Waals surface area (Å²) in [4.78, 5) is 23.3. The van der Waals surface area contributed by atoms with Gasteiger partial charge in [-0.15, -0.1) is 0 Å². The Labute approximate surface area is 116 Å². The van der Waals surface area contributed by atoms with Gasteiger partial charge in [0.1, 0.15) is 11.4 Å². The van der Waals surface area contributed by atoms with Crippen LogP contribution in [0.2, 0.25) is 0 Å². The molecule has 0 bridgehead atoms. The van der Waals surface area contributed by atoms with E-state index in [1.807, 2.05) is 6.07 Å². The maximum absolute atomic E-state index is 11.9. The van der Waals surface area contributed by atoms with E-state index in [9.17, 15) is 9.59 Å². The average molecular weight is 276 g/mol. The number of carbonyl (C=O) groups is 2. The monoisotopic (exact) mass is 276 g/mol. The lowest BCUT2D eigenvalue weighted by Gasteiger charge is -2.30. The lowest BCUT2D eigenvalue weighted by atomic mass is 10.2. The maximum Gasteiger partial charge on any atom is 0.332 e. The van der Waals surface area contributed by atoms with Crippen LogP contribution >= 0.6 is 0 Å². The van der Waals surface area contributed by atoms with Crippen LogP contribution in [-0.2, 0) is 14.3 Å². The van der Waals surface area contributed by atoms with Crippen LogP contribution in [-0.4, -0.2) is 25.1 Å². The molecule has 0 radical (unpaired) electrons. The molecule has 1 amide bonds. The van der Waals surface area contributed by atoms with Crippen molar-refractivity contribution in [2.24, 2.45) is 0 Å². The third kappa shape index (κ3) is 3.09. The number of nitrogens with one attached hydrogen (secondary N) is 1. The molecule has 1 aliphatic rings. The number of rotatable bonds is 4. The minimum atomic E-state index is -0.452. The molecular formula is C14H16N2O4. The number of ether oxygens (including phenoxy) is 2. The highest BCUT2D eigenvalue weighted by molar-refractivity contribution is 5.97. The Kier molecular flexibility index (Phi) is 4.24. The number of hydrogen-bond acceptors (Lipinski definition) is 5. The number of anilines is 1. The van der Waals surface area contributed by atoms with E-state index < -0.39 is 5.97 Å². The van der Waals surface area contributed by atoms with E-state index in [1.165, 1.54) is 11.1 Å². The highest BCUT2D eigenvalue weighted by atomic mass is 16.5. The van der Waals surface area contributed by atoms with Gasteiger partial charge in [-0.2, -0.15) is 0 Å². The first-order valence-corrected chi connectivity index (χ1v) is 6.28. The zero-order chi connectivity index (χ0) is 14.5. The van der Waals surface area contributed by atoms with Crippen LogP contribution in [0, 0.1) is 0 Å². The van der Waals surface area contributed by atoms with Crippen molar-refractivity contribution in [3.8, 4) is 5.75 Å². The molecule has 106 valence electrons. The molecule has 0 saturated heterocycles. The summed E-state index contributed by atoms with van der Waals surface area (Å²) in [5, 5.41) is 1.36. The molecule has 0 atom stereocenters. The van der Waals surface area contributed by atoms with E-state index in [0.29, 0.717) is 23.7 Å². The molecule has 0 unspecified atom stereocenters. The molecule has 2 rings (SSSR count). The molecule has 1 aromatic rings. The van der Waals surface area contributed by atoms with Gasteiger partial charge in [0.15, 0.2) is 6.61 Å². The fourth-order valence-corrected chi connectivity index (χ4v) is 1.79. The Morgan fingerprint density at radius 1 is 1.50 bits per heavy atom. The van der Waals surface area contributed by atoms with Crippen molar-refractivity contribution < 1.29 is 19.1 Å². The number of fused-ring (bicyclic) bond motifs is 1. The van der Waals surface area contributed by atoms with Gasteiger partial charge < -0.3 is 9.47 Å². The summed E-state index contributed by atoms with van der Waals surface area (Å²) in [6, 6.07) is 7.17. The fraction of sp³-hybridized carbons (Fsp3) is 0.286. The van der Waals surface area contributed by atoms with Gasteiger partial charge in [-0.25, -0.2) is 9.80 Å². The highest BCUT2D eigenvalue weighted by Crippen LogP contribution is 2.30. The van der Waals surface area contributed by atoms with Crippen molar-refractivity contribution in [3.63, 3.8) is 0 Å². The molecule has 20 heavy (non-hydrogen) atoms. The zero-order valence-corrected chi connectivity index (χ0v) is 11.4. The molecule has 6 heteroatoms. The molecule has 0 saturated carbocycles. The molecule has 1 heterocycles. The van der Waals surface area contributed by atoms with Crippen molar-refractivity contribution in [1.82, 2.24) is 5.43 Å². The largest absolute Gasteiger partial charge is 0.481 e. The van der Waals surface area contributed by atoms with Gasteiger partial charge in [-0.3, -0.25) is 10.2 Å². The number of hydrogen-bond donors (Lipinski definition) is 1. The first-order chi connectivity index (χ1) is 9.61. The lowest BCUT2D eigenvalue weighted by molar-refractivity contribution is -0.137. The Balaban J connectivity index is 2.16. The first kappa shape index (κ1) is 13.9. The SMILES string of the molecule is CCOC(=O)C=C(C)NN1C(=O)COc2ccccc21. The molecule has 0 aromatic heterocycles. The highest BCUT2D eigenvalue weighted by Gasteiger charge is 2.25. The van der Waals surface area contributed by atoms with Crippen LogP contribution in [0.3, 0.4) is 0 Å². The molecule has 0 aliphatic carbocycles. The molecule has 0 spiro atoms. The smallest absolute Gasteiger partial charge is 0.332 e. The Morgan fingerprint density at radius 2 is 2.25 bits per heavy atom. The summed E-state index contributed by atoms with van der Waals surface area (Å²) in [6.45, 7) is 3.68. The Morgan fingerprint density at radius 3 is 3.00 bits per heavy atom. The Bertz CT molecular complexity index is 554. The fourth-order valence-electron chi connectivity index (χ4n) is 1.79. The number of allylic oxidation sites excluding steroid dienone is 1. The first-order valence-electron chi connectivity index (χ1n) is 6.28. The van der Waals surface area contributed by atoms with Crippen LogP contribution in [0.1, 0.15) is 13.8 Å². The summed E-state index contributed by atoms with van der Waals surface area (Å²) < 4.78 is 10.1. The second kappa shape index (κ2) is 6.10. The van der Waals surface area contributed by atoms with E-state index in [0.717, 1.165) is 0 Å². The van der Waals surface area contributed by atoms with Gasteiger partial charge in [-0.1, -0.05) is 12.1 Å². The molecule has 1 aromatic carbocycles. The number of nitrogens with zero attached hydrogens (tertiary/aromatic N) is 1. The number of hydrazine groups is 1. The average Bonchev–Trinajstić information content (AvgIpc) is 2.42. The van der Waals surface area contributed by atoms with Gasteiger partial charge in [0.2, 0.25) is 0 Å². The summed E-state index contributed by atoms with van der Waals surface area (Å²) in [6.07, 6.45) is 1.30. The van der Waals surface area contributed by atoms with Crippen LogP contribution in [0.4, 0.5) is 5.69 Å². The summed E-state index contributed by atoms with van der Waals surface area (Å²) in [5.41, 5.74) is 4.00. The van der Waals surface area contributed by atoms with E-state index in [-0.39, 0.29) is 12.5 Å². The molecular weight excluding hydrogens is 260 g/mol. The lowest BCUT2D eigenvalue weighted by Crippen LogP contribution is -2.47. The van der Waals surface area contributed by atoms with Gasteiger partial charge in [0.25, 0.3) is 5.91 Å². The minimum absolute atomic E-state index is 0.0449. The number of benzene rings is 1. The van der Waals surface area contributed by atoms with E-state index >= 15 is 0 Å². The number of para-hydroxylation sites is 2. The van der Waals surface area contributed by atoms with Crippen LogP contribution in [0.25, 0.3) is 0 Å².